The minimum Gasteiger partial charge on any atom is -0.508 e. The smallest absolute Gasteiger partial charge is 0.205 e. The Morgan fingerprint density at radius 2 is 1.61 bits per heavy atom. The van der Waals surface area contributed by atoms with Crippen LogP contribution in [-0.2, 0) is 17.8 Å². The molecule has 0 fully saturated rings. The molecule has 4 rings (SSSR count). The molecule has 0 saturated heterocycles. The van der Waals surface area contributed by atoms with Gasteiger partial charge >= 0.3 is 0 Å². The van der Waals surface area contributed by atoms with E-state index in [1.54, 1.807) is 12.1 Å². The van der Waals surface area contributed by atoms with Gasteiger partial charge in [-0.15, -0.1) is 10.2 Å². The molecule has 1 aromatic heterocycles. The third-order valence-corrected chi connectivity index (χ3v) is 7.17. The number of rotatable bonds is 18. The summed E-state index contributed by atoms with van der Waals surface area (Å²) in [6, 6.07) is 21.6. The summed E-state index contributed by atoms with van der Waals surface area (Å²) in [5.74, 6) is 0.642. The maximum absolute atomic E-state index is 10.3. The number of aromatic hydroxyl groups is 1. The number of ether oxygens (including phenoxy) is 1. The minimum atomic E-state index is -0.667. The molecule has 0 aliphatic heterocycles. The molecule has 41 heavy (non-hydrogen) atoms. The first-order valence-electron chi connectivity index (χ1n) is 14.5. The molecule has 0 bridgehead atoms. The average Bonchev–Trinajstić information content (AvgIpc) is 3.55. The van der Waals surface area contributed by atoms with Crippen molar-refractivity contribution < 1.29 is 20.1 Å². The summed E-state index contributed by atoms with van der Waals surface area (Å²) >= 11 is 0. The maximum atomic E-state index is 10.3. The van der Waals surface area contributed by atoms with Gasteiger partial charge in [-0.2, -0.15) is 5.21 Å². The first-order valence-corrected chi connectivity index (χ1v) is 14.5. The molecule has 4 aromatic rings. The van der Waals surface area contributed by atoms with Crippen LogP contribution in [0, 0.1) is 0 Å². The van der Waals surface area contributed by atoms with E-state index < -0.39 is 6.10 Å². The van der Waals surface area contributed by atoms with E-state index in [0.29, 0.717) is 23.5 Å². The zero-order valence-corrected chi connectivity index (χ0v) is 23.5. The van der Waals surface area contributed by atoms with Crippen molar-refractivity contribution in [3.63, 3.8) is 0 Å². The van der Waals surface area contributed by atoms with E-state index in [2.05, 4.69) is 56.3 Å². The van der Waals surface area contributed by atoms with Crippen LogP contribution in [0.1, 0.15) is 61.3 Å². The van der Waals surface area contributed by atoms with Crippen LogP contribution < -0.4 is 5.32 Å². The lowest BCUT2D eigenvalue weighted by Crippen LogP contribution is -2.22. The summed E-state index contributed by atoms with van der Waals surface area (Å²) in [5.41, 5.74) is 5.63. The van der Waals surface area contributed by atoms with Crippen LogP contribution in [0.25, 0.3) is 22.5 Å². The topological polar surface area (TPSA) is 136 Å². The van der Waals surface area contributed by atoms with Crippen LogP contribution in [0.15, 0.2) is 66.7 Å². The second-order valence-electron chi connectivity index (χ2n) is 10.2. The Balaban J connectivity index is 1.01. The predicted octanol–water partition coefficient (Wildman–Crippen LogP) is 4.95. The molecule has 1 heterocycles. The number of hydrogen-bond acceptors (Lipinski definition) is 8. The van der Waals surface area contributed by atoms with Crippen LogP contribution in [0.5, 0.6) is 5.75 Å². The van der Waals surface area contributed by atoms with E-state index in [0.717, 1.165) is 81.4 Å². The quantitative estimate of drug-likeness (QED) is 0.108. The van der Waals surface area contributed by atoms with Gasteiger partial charge in [0, 0.05) is 30.9 Å². The van der Waals surface area contributed by atoms with Crippen LogP contribution in [-0.4, -0.2) is 62.2 Å². The number of aliphatic hydroxyl groups is 2. The van der Waals surface area contributed by atoms with Gasteiger partial charge in [-0.1, -0.05) is 67.4 Å². The maximum Gasteiger partial charge on any atom is 0.205 e. The van der Waals surface area contributed by atoms with E-state index in [9.17, 15) is 15.3 Å². The number of aliphatic hydroxyl groups excluding tert-OH is 2. The highest BCUT2D eigenvalue weighted by molar-refractivity contribution is 5.80. The van der Waals surface area contributed by atoms with Crippen LogP contribution in [0.3, 0.4) is 0 Å². The molecule has 9 nitrogen and oxygen atoms in total. The number of hydrogen-bond donors (Lipinski definition) is 5. The normalized spacial score (nSPS) is 12.0. The fourth-order valence-electron chi connectivity index (χ4n) is 4.80. The third kappa shape index (κ3) is 9.47. The molecule has 5 N–H and O–H groups in total. The highest BCUT2D eigenvalue weighted by Gasteiger charge is 2.11. The lowest BCUT2D eigenvalue weighted by molar-refractivity contribution is 0.126. The largest absolute Gasteiger partial charge is 0.508 e. The fourth-order valence-corrected chi connectivity index (χ4v) is 4.80. The number of nitrogens with zero attached hydrogens (tertiary/aromatic N) is 3. The second-order valence-corrected chi connectivity index (χ2v) is 10.2. The summed E-state index contributed by atoms with van der Waals surface area (Å²) in [7, 11) is 0. The van der Waals surface area contributed by atoms with Gasteiger partial charge in [-0.05, 0) is 78.2 Å². The Morgan fingerprint density at radius 1 is 0.854 bits per heavy atom. The van der Waals surface area contributed by atoms with Crippen molar-refractivity contribution in [2.24, 2.45) is 0 Å². The number of aromatic amines is 1. The highest BCUT2D eigenvalue weighted by atomic mass is 16.5. The number of nitrogens with one attached hydrogen (secondary N) is 2. The van der Waals surface area contributed by atoms with Crippen LogP contribution in [0.4, 0.5) is 0 Å². The molecule has 9 heteroatoms. The monoisotopic (exact) mass is 559 g/mol. The van der Waals surface area contributed by atoms with Crippen molar-refractivity contribution in [1.29, 1.82) is 0 Å². The number of aromatic nitrogens is 4. The van der Waals surface area contributed by atoms with Crippen molar-refractivity contribution >= 4 is 0 Å². The van der Waals surface area contributed by atoms with Crippen LogP contribution in [0.2, 0.25) is 0 Å². The van der Waals surface area contributed by atoms with Crippen molar-refractivity contribution in [3.8, 4) is 28.3 Å². The first kappa shape index (κ1) is 30.3. The number of aryl methyl sites for hydroxylation is 1. The zero-order chi connectivity index (χ0) is 28.7. The highest BCUT2D eigenvalue weighted by Crippen LogP contribution is 2.30. The average molecular weight is 560 g/mol. The fraction of sp³-hybridized carbons (Fsp3) is 0.406. The molecular weight excluding hydrogens is 518 g/mol. The van der Waals surface area contributed by atoms with Gasteiger partial charge in [0.25, 0.3) is 0 Å². The molecule has 0 aliphatic rings. The summed E-state index contributed by atoms with van der Waals surface area (Å²) in [5, 5.41) is 46.9. The molecule has 1 atom stereocenters. The van der Waals surface area contributed by atoms with Gasteiger partial charge < -0.3 is 25.4 Å². The SMILES string of the molecule is OCc1cc([C@@H](O)CNCCCCCCOCCCCc2ccc(-c3ccccc3-c3nn[nH]n3)cc2)ccc1O. The molecule has 0 spiro atoms. The van der Waals surface area contributed by atoms with Crippen molar-refractivity contribution in [2.75, 3.05) is 26.3 Å². The van der Waals surface area contributed by atoms with Crippen LogP contribution >= 0.6 is 0 Å². The Morgan fingerprint density at radius 3 is 2.37 bits per heavy atom. The molecule has 0 unspecified atom stereocenters. The minimum absolute atomic E-state index is 0.0449. The van der Waals surface area contributed by atoms with E-state index >= 15 is 0 Å². The van der Waals surface area contributed by atoms with E-state index in [1.807, 2.05) is 18.2 Å². The van der Waals surface area contributed by atoms with E-state index in [-0.39, 0.29) is 12.4 Å². The Hall–Kier alpha value is -3.63. The Kier molecular flexibility index (Phi) is 12.3. The summed E-state index contributed by atoms with van der Waals surface area (Å²) in [4.78, 5) is 0. The van der Waals surface area contributed by atoms with Crippen molar-refractivity contribution in [3.05, 3.63) is 83.4 Å². The van der Waals surface area contributed by atoms with Crippen molar-refractivity contribution in [2.45, 2.75) is 57.7 Å². The number of H-pyrrole nitrogens is 1. The lowest BCUT2D eigenvalue weighted by Gasteiger charge is -2.14. The van der Waals surface area contributed by atoms with Gasteiger partial charge in [0.1, 0.15) is 5.75 Å². The zero-order valence-electron chi connectivity index (χ0n) is 23.5. The molecule has 218 valence electrons. The predicted molar refractivity (Wildman–Crippen MR) is 159 cm³/mol. The Bertz CT molecular complexity index is 1300. The molecular formula is C32H41N5O4. The van der Waals surface area contributed by atoms with Crippen molar-refractivity contribution in [1.82, 2.24) is 25.9 Å². The standard InChI is InChI=1S/C32H41N5O4/c38-23-27-21-26(16-17-30(27)39)31(40)22-33-18-6-1-2-7-19-41-20-8-5-9-24-12-14-25(15-13-24)28-10-3-4-11-29(28)32-34-36-37-35-32/h3-4,10-17,21,31,33,38-40H,1-2,5-9,18-20,22-23H2,(H,34,35,36,37)/t31-/m0/s1. The van der Waals surface area contributed by atoms with Gasteiger partial charge in [0.2, 0.25) is 5.82 Å². The number of phenols is 1. The molecule has 0 radical (unpaired) electrons. The second kappa shape index (κ2) is 16.6. The van der Waals surface area contributed by atoms with Gasteiger partial charge in [0.05, 0.1) is 12.7 Å². The molecule has 0 aliphatic carbocycles. The summed E-state index contributed by atoms with van der Waals surface area (Å²) in [6.07, 6.45) is 6.88. The van der Waals surface area contributed by atoms with Gasteiger partial charge in [0.15, 0.2) is 0 Å². The Labute approximate surface area is 241 Å². The summed E-state index contributed by atoms with van der Waals surface area (Å²) in [6.45, 7) is 2.63. The molecule has 3 aromatic carbocycles. The number of tetrazole rings is 1. The number of unbranched alkanes of at least 4 members (excludes halogenated alkanes) is 4. The van der Waals surface area contributed by atoms with Gasteiger partial charge in [-0.25, -0.2) is 0 Å². The lowest BCUT2D eigenvalue weighted by atomic mass is 9.97. The molecule has 0 amide bonds. The van der Waals surface area contributed by atoms with E-state index in [1.165, 1.54) is 11.6 Å². The molecule has 0 saturated carbocycles. The third-order valence-electron chi connectivity index (χ3n) is 7.17. The summed E-state index contributed by atoms with van der Waals surface area (Å²) < 4.78 is 5.83. The number of benzene rings is 3. The van der Waals surface area contributed by atoms with E-state index in [4.69, 9.17) is 4.74 Å². The first-order chi connectivity index (χ1) is 20.2. The van der Waals surface area contributed by atoms with Gasteiger partial charge in [-0.3, -0.25) is 0 Å².